The van der Waals surface area contributed by atoms with Crippen molar-refractivity contribution >= 4 is 23.8 Å². The fourth-order valence-electron chi connectivity index (χ4n) is 2.17. The van der Waals surface area contributed by atoms with Crippen molar-refractivity contribution in [1.82, 2.24) is 9.38 Å². The zero-order valence-electron chi connectivity index (χ0n) is 12.3. The molecule has 1 aromatic carbocycles. The summed E-state index contributed by atoms with van der Waals surface area (Å²) in [7, 11) is 0. The van der Waals surface area contributed by atoms with Gasteiger partial charge in [-0.2, -0.15) is 0 Å². The zero-order chi connectivity index (χ0) is 15.4. The van der Waals surface area contributed by atoms with E-state index in [-0.39, 0.29) is 0 Å². The standard InChI is InChI=1S/C18H16N2O2/c1-2-22-18(21)16-13-20-12-15(10-11-17(20)19-16)9-8-14-6-4-3-5-7-14/h3-13H,2H2,1H3. The highest BCUT2D eigenvalue weighted by Crippen LogP contribution is 2.12. The zero-order valence-corrected chi connectivity index (χ0v) is 12.3. The molecule has 0 atom stereocenters. The summed E-state index contributed by atoms with van der Waals surface area (Å²) in [6.45, 7) is 2.12. The van der Waals surface area contributed by atoms with Crippen molar-refractivity contribution in [3.05, 3.63) is 71.7 Å². The number of carbonyl (C=O) groups excluding carboxylic acids is 1. The van der Waals surface area contributed by atoms with Gasteiger partial charge in [0.15, 0.2) is 5.69 Å². The van der Waals surface area contributed by atoms with Gasteiger partial charge in [0.25, 0.3) is 0 Å². The summed E-state index contributed by atoms with van der Waals surface area (Å²) in [4.78, 5) is 16.0. The predicted molar refractivity (Wildman–Crippen MR) is 86.5 cm³/mol. The molecule has 0 aliphatic rings. The molecule has 0 saturated carbocycles. The van der Waals surface area contributed by atoms with E-state index in [1.165, 1.54) is 0 Å². The first-order chi connectivity index (χ1) is 10.8. The number of pyridine rings is 1. The first kappa shape index (κ1) is 14.1. The van der Waals surface area contributed by atoms with Crippen LogP contribution in [0.25, 0.3) is 17.8 Å². The van der Waals surface area contributed by atoms with Crippen molar-refractivity contribution in [2.75, 3.05) is 6.61 Å². The van der Waals surface area contributed by atoms with Crippen molar-refractivity contribution in [3.8, 4) is 0 Å². The van der Waals surface area contributed by atoms with Gasteiger partial charge in [-0.15, -0.1) is 0 Å². The van der Waals surface area contributed by atoms with E-state index >= 15 is 0 Å². The van der Waals surface area contributed by atoms with Crippen molar-refractivity contribution < 1.29 is 9.53 Å². The summed E-state index contributed by atoms with van der Waals surface area (Å²) in [5.41, 5.74) is 3.22. The molecule has 110 valence electrons. The molecule has 22 heavy (non-hydrogen) atoms. The predicted octanol–water partition coefficient (Wildman–Crippen LogP) is 3.68. The third-order valence-electron chi connectivity index (χ3n) is 3.23. The van der Waals surface area contributed by atoms with Crippen LogP contribution in [-0.4, -0.2) is 22.0 Å². The van der Waals surface area contributed by atoms with Crippen LogP contribution in [0.5, 0.6) is 0 Å². The van der Waals surface area contributed by atoms with E-state index in [0.717, 1.165) is 16.8 Å². The van der Waals surface area contributed by atoms with E-state index in [9.17, 15) is 4.79 Å². The molecule has 0 N–H and O–H groups in total. The molecule has 0 aliphatic heterocycles. The third-order valence-corrected chi connectivity index (χ3v) is 3.23. The summed E-state index contributed by atoms with van der Waals surface area (Å²) in [5, 5.41) is 0. The topological polar surface area (TPSA) is 43.6 Å². The number of esters is 1. The molecule has 0 bridgehead atoms. The van der Waals surface area contributed by atoms with Crippen LogP contribution in [-0.2, 0) is 4.74 Å². The minimum Gasteiger partial charge on any atom is -0.461 e. The molecule has 0 spiro atoms. The fraction of sp³-hybridized carbons (Fsp3) is 0.111. The average Bonchev–Trinajstić information content (AvgIpc) is 2.97. The van der Waals surface area contributed by atoms with E-state index in [4.69, 9.17) is 4.74 Å². The Hall–Kier alpha value is -2.88. The van der Waals surface area contributed by atoms with Crippen molar-refractivity contribution in [2.45, 2.75) is 6.92 Å². The fourth-order valence-corrected chi connectivity index (χ4v) is 2.17. The molecule has 3 aromatic rings. The molecule has 0 unspecified atom stereocenters. The average molecular weight is 292 g/mol. The number of nitrogens with zero attached hydrogens (tertiary/aromatic N) is 2. The minimum atomic E-state index is -0.396. The summed E-state index contributed by atoms with van der Waals surface area (Å²) in [6.07, 6.45) is 7.70. The molecule has 0 saturated heterocycles. The van der Waals surface area contributed by atoms with Gasteiger partial charge in [-0.05, 0) is 30.2 Å². The second-order valence-electron chi connectivity index (χ2n) is 4.82. The Kier molecular flexibility index (Phi) is 4.01. The molecular formula is C18H16N2O2. The van der Waals surface area contributed by atoms with Crippen LogP contribution in [0.2, 0.25) is 0 Å². The van der Waals surface area contributed by atoms with Gasteiger partial charge in [-0.25, -0.2) is 9.78 Å². The van der Waals surface area contributed by atoms with E-state index in [0.29, 0.717) is 12.3 Å². The molecule has 0 aliphatic carbocycles. The summed E-state index contributed by atoms with van der Waals surface area (Å²) in [6, 6.07) is 13.9. The Balaban J connectivity index is 1.86. The van der Waals surface area contributed by atoms with Gasteiger partial charge in [0, 0.05) is 12.4 Å². The molecule has 3 rings (SSSR count). The lowest BCUT2D eigenvalue weighted by Gasteiger charge is -1.96. The van der Waals surface area contributed by atoms with Gasteiger partial charge in [0.1, 0.15) is 5.65 Å². The third kappa shape index (κ3) is 3.06. The van der Waals surface area contributed by atoms with E-state index in [1.54, 1.807) is 13.1 Å². The largest absolute Gasteiger partial charge is 0.461 e. The lowest BCUT2D eigenvalue weighted by atomic mass is 10.2. The van der Waals surface area contributed by atoms with Gasteiger partial charge in [-0.3, -0.25) is 0 Å². The maximum Gasteiger partial charge on any atom is 0.358 e. The van der Waals surface area contributed by atoms with Crippen molar-refractivity contribution in [3.63, 3.8) is 0 Å². The molecular weight excluding hydrogens is 276 g/mol. The van der Waals surface area contributed by atoms with Crippen LogP contribution in [0, 0.1) is 0 Å². The van der Waals surface area contributed by atoms with Gasteiger partial charge >= 0.3 is 5.97 Å². The number of ether oxygens (including phenoxy) is 1. The number of hydrogen-bond acceptors (Lipinski definition) is 3. The van der Waals surface area contributed by atoms with Crippen LogP contribution in [0.1, 0.15) is 28.5 Å². The van der Waals surface area contributed by atoms with Gasteiger partial charge in [0.05, 0.1) is 6.61 Å². The monoisotopic (exact) mass is 292 g/mol. The van der Waals surface area contributed by atoms with Crippen molar-refractivity contribution in [1.29, 1.82) is 0 Å². The SMILES string of the molecule is CCOC(=O)c1cn2cc(C=Cc3ccccc3)ccc2n1. The maximum atomic E-state index is 11.7. The Labute approximate surface area is 128 Å². The van der Waals surface area contributed by atoms with Crippen LogP contribution >= 0.6 is 0 Å². The first-order valence-electron chi connectivity index (χ1n) is 7.15. The lowest BCUT2D eigenvalue weighted by molar-refractivity contribution is 0.0520. The molecule has 0 amide bonds. The number of carbonyl (C=O) groups is 1. The molecule has 0 fully saturated rings. The molecule has 4 heteroatoms. The summed E-state index contributed by atoms with van der Waals surface area (Å²) in [5.74, 6) is -0.396. The van der Waals surface area contributed by atoms with Gasteiger partial charge in [0.2, 0.25) is 0 Å². The van der Waals surface area contributed by atoms with Crippen LogP contribution in [0.4, 0.5) is 0 Å². The lowest BCUT2D eigenvalue weighted by Crippen LogP contribution is -2.04. The van der Waals surface area contributed by atoms with Crippen LogP contribution < -0.4 is 0 Å². The maximum absolute atomic E-state index is 11.7. The van der Waals surface area contributed by atoms with E-state index in [1.807, 2.05) is 65.2 Å². The highest BCUT2D eigenvalue weighted by molar-refractivity contribution is 5.88. The van der Waals surface area contributed by atoms with Gasteiger partial charge < -0.3 is 9.14 Å². The molecule has 2 aromatic heterocycles. The number of rotatable bonds is 4. The second-order valence-corrected chi connectivity index (χ2v) is 4.82. The smallest absolute Gasteiger partial charge is 0.358 e. The first-order valence-corrected chi connectivity index (χ1v) is 7.15. The van der Waals surface area contributed by atoms with Crippen LogP contribution in [0.15, 0.2) is 54.9 Å². The highest BCUT2D eigenvalue weighted by Gasteiger charge is 2.11. The molecule has 2 heterocycles. The van der Waals surface area contributed by atoms with E-state index in [2.05, 4.69) is 4.98 Å². The van der Waals surface area contributed by atoms with Gasteiger partial charge in [-0.1, -0.05) is 42.5 Å². The minimum absolute atomic E-state index is 0.325. The number of imidazole rings is 1. The van der Waals surface area contributed by atoms with E-state index < -0.39 is 5.97 Å². The molecule has 0 radical (unpaired) electrons. The number of hydrogen-bond donors (Lipinski definition) is 0. The normalized spacial score (nSPS) is 11.1. The van der Waals surface area contributed by atoms with Crippen molar-refractivity contribution in [2.24, 2.45) is 0 Å². The second kappa shape index (κ2) is 6.26. The Morgan fingerprint density at radius 1 is 1.09 bits per heavy atom. The van der Waals surface area contributed by atoms with Crippen LogP contribution in [0.3, 0.4) is 0 Å². The highest BCUT2D eigenvalue weighted by atomic mass is 16.5. The number of fused-ring (bicyclic) bond motifs is 1. The quantitative estimate of drug-likeness (QED) is 0.689. The molecule has 4 nitrogen and oxygen atoms in total. The Morgan fingerprint density at radius 3 is 2.64 bits per heavy atom. The Bertz CT molecular complexity index is 819. The Morgan fingerprint density at radius 2 is 1.86 bits per heavy atom. The summed E-state index contributed by atoms with van der Waals surface area (Å²) < 4.78 is 6.79. The summed E-state index contributed by atoms with van der Waals surface area (Å²) >= 11 is 0. The number of benzene rings is 1. The number of aromatic nitrogens is 2.